The molecule has 3 aromatic rings. The molecule has 0 saturated carbocycles. The average Bonchev–Trinajstić information content (AvgIpc) is 2.95. The van der Waals surface area contributed by atoms with Gasteiger partial charge in [0.15, 0.2) is 0 Å². The molecule has 3 heterocycles. The zero-order valence-electron chi connectivity index (χ0n) is 11.8. The molecule has 21 heavy (non-hydrogen) atoms. The van der Waals surface area contributed by atoms with Gasteiger partial charge >= 0.3 is 0 Å². The van der Waals surface area contributed by atoms with Crippen LogP contribution in [-0.2, 0) is 6.42 Å². The van der Waals surface area contributed by atoms with Crippen LogP contribution in [0.15, 0.2) is 30.6 Å². The van der Waals surface area contributed by atoms with Crippen molar-refractivity contribution in [3.63, 3.8) is 0 Å². The lowest BCUT2D eigenvalue weighted by atomic mass is 10.0. The predicted octanol–water partition coefficient (Wildman–Crippen LogP) is 2.53. The van der Waals surface area contributed by atoms with Crippen molar-refractivity contribution in [2.75, 3.05) is 17.2 Å². The van der Waals surface area contributed by atoms with Crippen molar-refractivity contribution >= 4 is 23.0 Å². The number of rotatable bonds is 2. The summed E-state index contributed by atoms with van der Waals surface area (Å²) in [6.07, 6.45) is 3.81. The Bertz CT molecular complexity index is 807. The van der Waals surface area contributed by atoms with Crippen LogP contribution in [0.25, 0.3) is 5.78 Å². The fraction of sp³-hybridized carbons (Fsp3) is 0.267. The second-order valence-corrected chi connectivity index (χ2v) is 5.28. The molecule has 0 atom stereocenters. The fourth-order valence-corrected chi connectivity index (χ4v) is 2.72. The third-order valence-electron chi connectivity index (χ3n) is 3.70. The Labute approximate surface area is 122 Å². The monoisotopic (exact) mass is 280 g/mol. The van der Waals surface area contributed by atoms with Gasteiger partial charge in [-0.05, 0) is 43.5 Å². The molecule has 1 aliphatic heterocycles. The van der Waals surface area contributed by atoms with Gasteiger partial charge in [-0.3, -0.25) is 0 Å². The van der Waals surface area contributed by atoms with Gasteiger partial charge in [0.2, 0.25) is 0 Å². The SMILES string of the molecule is Cc1cc(Nc2ccc3c(c2)CCCN3)n2ncnc2n1. The minimum atomic E-state index is 0.608. The zero-order valence-corrected chi connectivity index (χ0v) is 11.8. The van der Waals surface area contributed by atoms with E-state index in [1.807, 2.05) is 13.0 Å². The molecule has 6 nitrogen and oxygen atoms in total. The van der Waals surface area contributed by atoms with Crippen LogP contribution in [0.2, 0.25) is 0 Å². The minimum absolute atomic E-state index is 0.608. The predicted molar refractivity (Wildman–Crippen MR) is 82.1 cm³/mol. The van der Waals surface area contributed by atoms with Crippen LogP contribution < -0.4 is 10.6 Å². The lowest BCUT2D eigenvalue weighted by molar-refractivity contribution is 0.830. The van der Waals surface area contributed by atoms with Gasteiger partial charge in [0, 0.05) is 29.7 Å². The van der Waals surface area contributed by atoms with Crippen molar-refractivity contribution in [2.24, 2.45) is 0 Å². The van der Waals surface area contributed by atoms with Crippen molar-refractivity contribution < 1.29 is 0 Å². The third kappa shape index (κ3) is 2.18. The zero-order chi connectivity index (χ0) is 14.2. The standard InChI is InChI=1S/C15H16N6/c1-10-7-14(21-15(19-10)17-9-18-21)20-12-4-5-13-11(8-12)3-2-6-16-13/h4-5,7-9,16,20H,2-3,6H2,1H3. The Kier molecular flexibility index (Phi) is 2.73. The normalized spacial score (nSPS) is 13.8. The van der Waals surface area contributed by atoms with E-state index in [1.165, 1.54) is 24.0 Å². The summed E-state index contributed by atoms with van der Waals surface area (Å²) in [7, 11) is 0. The van der Waals surface area contributed by atoms with Gasteiger partial charge in [-0.25, -0.2) is 4.98 Å². The highest BCUT2D eigenvalue weighted by Gasteiger charge is 2.10. The number of anilines is 3. The van der Waals surface area contributed by atoms with Crippen molar-refractivity contribution in [2.45, 2.75) is 19.8 Å². The number of nitrogens with zero attached hydrogens (tertiary/aromatic N) is 4. The Morgan fingerprint density at radius 3 is 3.19 bits per heavy atom. The largest absolute Gasteiger partial charge is 0.385 e. The number of aromatic nitrogens is 4. The quantitative estimate of drug-likeness (QED) is 0.755. The average molecular weight is 280 g/mol. The molecule has 2 N–H and O–H groups in total. The van der Waals surface area contributed by atoms with E-state index in [1.54, 1.807) is 4.52 Å². The van der Waals surface area contributed by atoms with Gasteiger partial charge in [0.1, 0.15) is 12.1 Å². The van der Waals surface area contributed by atoms with Gasteiger partial charge in [-0.2, -0.15) is 14.6 Å². The van der Waals surface area contributed by atoms with Gasteiger partial charge in [0.25, 0.3) is 5.78 Å². The topological polar surface area (TPSA) is 67.1 Å². The molecule has 4 rings (SSSR count). The van der Waals surface area contributed by atoms with Gasteiger partial charge < -0.3 is 10.6 Å². The van der Waals surface area contributed by atoms with Crippen molar-refractivity contribution in [1.82, 2.24) is 19.6 Å². The van der Waals surface area contributed by atoms with Crippen LogP contribution in [0.3, 0.4) is 0 Å². The molecule has 1 aliphatic rings. The Morgan fingerprint density at radius 1 is 1.29 bits per heavy atom. The van der Waals surface area contributed by atoms with E-state index in [0.717, 1.165) is 30.2 Å². The van der Waals surface area contributed by atoms with Crippen LogP contribution in [0.4, 0.5) is 17.2 Å². The first kappa shape index (κ1) is 12.1. The van der Waals surface area contributed by atoms with Crippen LogP contribution in [0.1, 0.15) is 17.7 Å². The molecule has 2 aromatic heterocycles. The molecule has 0 aliphatic carbocycles. The number of hydrogen-bond acceptors (Lipinski definition) is 5. The number of benzene rings is 1. The van der Waals surface area contributed by atoms with E-state index in [2.05, 4.69) is 43.9 Å². The van der Waals surface area contributed by atoms with Crippen molar-refractivity contribution in [1.29, 1.82) is 0 Å². The lowest BCUT2D eigenvalue weighted by Crippen LogP contribution is -2.11. The highest BCUT2D eigenvalue weighted by Crippen LogP contribution is 2.27. The smallest absolute Gasteiger partial charge is 0.254 e. The minimum Gasteiger partial charge on any atom is -0.385 e. The Hall–Kier alpha value is -2.63. The van der Waals surface area contributed by atoms with Crippen molar-refractivity contribution in [3.8, 4) is 0 Å². The highest BCUT2D eigenvalue weighted by molar-refractivity contribution is 5.65. The van der Waals surface area contributed by atoms with Gasteiger partial charge in [0.05, 0.1) is 0 Å². The van der Waals surface area contributed by atoms with E-state index < -0.39 is 0 Å². The number of aryl methyl sites for hydroxylation is 2. The maximum absolute atomic E-state index is 4.35. The fourth-order valence-electron chi connectivity index (χ4n) is 2.72. The molecule has 0 fully saturated rings. The maximum Gasteiger partial charge on any atom is 0.254 e. The summed E-state index contributed by atoms with van der Waals surface area (Å²) in [4.78, 5) is 8.49. The van der Waals surface area contributed by atoms with Crippen LogP contribution in [0.5, 0.6) is 0 Å². The summed E-state index contributed by atoms with van der Waals surface area (Å²) in [5.41, 5.74) is 4.56. The summed E-state index contributed by atoms with van der Waals surface area (Å²) in [5, 5.41) is 11.1. The third-order valence-corrected chi connectivity index (χ3v) is 3.70. The Morgan fingerprint density at radius 2 is 2.24 bits per heavy atom. The second-order valence-electron chi connectivity index (χ2n) is 5.28. The first-order valence-corrected chi connectivity index (χ1v) is 7.11. The molecule has 0 unspecified atom stereocenters. The number of nitrogens with one attached hydrogen (secondary N) is 2. The lowest BCUT2D eigenvalue weighted by Gasteiger charge is -2.19. The van der Waals surface area contributed by atoms with Crippen molar-refractivity contribution in [3.05, 3.63) is 41.9 Å². The van der Waals surface area contributed by atoms with E-state index in [-0.39, 0.29) is 0 Å². The van der Waals surface area contributed by atoms with Gasteiger partial charge in [-0.1, -0.05) is 0 Å². The molecule has 1 aromatic carbocycles. The number of fused-ring (bicyclic) bond motifs is 2. The summed E-state index contributed by atoms with van der Waals surface area (Å²) in [6, 6.07) is 8.37. The van der Waals surface area contributed by atoms with Gasteiger partial charge in [-0.15, -0.1) is 0 Å². The highest BCUT2D eigenvalue weighted by atomic mass is 15.3. The first-order valence-electron chi connectivity index (χ1n) is 7.11. The molecule has 106 valence electrons. The van der Waals surface area contributed by atoms with Crippen LogP contribution in [0, 0.1) is 6.92 Å². The summed E-state index contributed by atoms with van der Waals surface area (Å²) in [6.45, 7) is 3.01. The maximum atomic E-state index is 4.35. The van der Waals surface area contributed by atoms with Crippen LogP contribution >= 0.6 is 0 Å². The molecule has 0 amide bonds. The first-order chi connectivity index (χ1) is 10.3. The molecule has 0 spiro atoms. The number of hydrogen-bond donors (Lipinski definition) is 2. The van der Waals surface area contributed by atoms with Crippen LogP contribution in [-0.4, -0.2) is 26.1 Å². The molecule has 0 saturated heterocycles. The molecule has 0 radical (unpaired) electrons. The molecule has 0 bridgehead atoms. The van der Waals surface area contributed by atoms with E-state index in [4.69, 9.17) is 0 Å². The molecular weight excluding hydrogens is 264 g/mol. The molecular formula is C15H16N6. The van der Waals surface area contributed by atoms with E-state index >= 15 is 0 Å². The van der Waals surface area contributed by atoms with E-state index in [9.17, 15) is 0 Å². The van der Waals surface area contributed by atoms with E-state index in [0.29, 0.717) is 5.78 Å². The summed E-state index contributed by atoms with van der Waals surface area (Å²) in [5.74, 6) is 1.48. The summed E-state index contributed by atoms with van der Waals surface area (Å²) >= 11 is 0. The second kappa shape index (κ2) is 4.73. The summed E-state index contributed by atoms with van der Waals surface area (Å²) < 4.78 is 1.71. The molecule has 6 heteroatoms. The Balaban J connectivity index is 1.72.